The van der Waals surface area contributed by atoms with Gasteiger partial charge in [0, 0.05) is 30.9 Å². The summed E-state index contributed by atoms with van der Waals surface area (Å²) in [6.07, 6.45) is 3.27. The second kappa shape index (κ2) is 7.40. The van der Waals surface area contributed by atoms with Crippen molar-refractivity contribution in [2.45, 2.75) is 25.4 Å². The third-order valence-electron chi connectivity index (χ3n) is 4.26. The van der Waals surface area contributed by atoms with Crippen LogP contribution in [0.4, 0.5) is 4.39 Å². The molecule has 1 saturated heterocycles. The zero-order valence-corrected chi connectivity index (χ0v) is 13.3. The van der Waals surface area contributed by atoms with Crippen molar-refractivity contribution in [3.05, 3.63) is 69.9 Å². The minimum absolute atomic E-state index is 0.0439. The van der Waals surface area contributed by atoms with Crippen LogP contribution in [0.25, 0.3) is 0 Å². The van der Waals surface area contributed by atoms with Gasteiger partial charge < -0.3 is 10.3 Å². The molecule has 1 aliphatic heterocycles. The van der Waals surface area contributed by atoms with Gasteiger partial charge in [-0.25, -0.2) is 4.39 Å². The Hall–Kier alpha value is -2.47. The first kappa shape index (κ1) is 16.4. The lowest BCUT2D eigenvalue weighted by Crippen LogP contribution is -2.48. The highest BCUT2D eigenvalue weighted by Crippen LogP contribution is 2.16. The number of pyridine rings is 1. The van der Waals surface area contributed by atoms with Gasteiger partial charge >= 0.3 is 0 Å². The van der Waals surface area contributed by atoms with E-state index in [-0.39, 0.29) is 23.3 Å². The monoisotopic (exact) mass is 329 g/mol. The van der Waals surface area contributed by atoms with E-state index in [9.17, 15) is 14.0 Å². The molecule has 1 atom stereocenters. The van der Waals surface area contributed by atoms with Gasteiger partial charge in [0.25, 0.3) is 11.5 Å². The number of halogens is 1. The smallest absolute Gasteiger partial charge is 0.260 e. The molecule has 0 saturated carbocycles. The number of hydrogen-bond donors (Lipinski definition) is 2. The molecule has 0 unspecified atom stereocenters. The van der Waals surface area contributed by atoms with Crippen molar-refractivity contribution >= 4 is 5.91 Å². The number of nitrogens with zero attached hydrogens (tertiary/aromatic N) is 1. The summed E-state index contributed by atoms with van der Waals surface area (Å²) in [5.74, 6) is -0.575. The SMILES string of the molecule is O=C(N[C@H]1CCCN(Cc2ccccc2F)C1)c1ccc[nH]c1=O. The fraction of sp³-hybridized carbons (Fsp3) is 0.333. The Morgan fingerprint density at radius 3 is 2.92 bits per heavy atom. The first-order valence-corrected chi connectivity index (χ1v) is 8.08. The van der Waals surface area contributed by atoms with Gasteiger partial charge in [-0.05, 0) is 37.6 Å². The molecular formula is C18H20FN3O2. The Labute approximate surface area is 139 Å². The molecule has 1 aliphatic rings. The maximum atomic E-state index is 13.8. The molecular weight excluding hydrogens is 309 g/mol. The summed E-state index contributed by atoms with van der Waals surface area (Å²) in [5, 5.41) is 2.91. The summed E-state index contributed by atoms with van der Waals surface area (Å²) >= 11 is 0. The number of carbonyl (C=O) groups excluding carboxylic acids is 1. The van der Waals surface area contributed by atoms with E-state index in [1.165, 1.54) is 18.3 Å². The summed E-state index contributed by atoms with van der Waals surface area (Å²) in [4.78, 5) is 28.5. The number of rotatable bonds is 4. The number of carbonyl (C=O) groups is 1. The average Bonchev–Trinajstić information content (AvgIpc) is 2.58. The highest BCUT2D eigenvalue weighted by molar-refractivity contribution is 5.93. The van der Waals surface area contributed by atoms with E-state index in [0.29, 0.717) is 18.7 Å². The molecule has 5 nitrogen and oxygen atoms in total. The predicted molar refractivity (Wildman–Crippen MR) is 89.2 cm³/mol. The summed E-state index contributed by atoms with van der Waals surface area (Å²) in [6.45, 7) is 2.03. The van der Waals surface area contributed by atoms with Crippen LogP contribution in [-0.4, -0.2) is 34.9 Å². The van der Waals surface area contributed by atoms with Crippen LogP contribution in [0.1, 0.15) is 28.8 Å². The zero-order valence-electron chi connectivity index (χ0n) is 13.3. The third-order valence-corrected chi connectivity index (χ3v) is 4.26. The number of aromatic nitrogens is 1. The van der Waals surface area contributed by atoms with E-state index in [1.807, 2.05) is 6.07 Å². The van der Waals surface area contributed by atoms with Gasteiger partial charge in [0.15, 0.2) is 0 Å². The summed E-state index contributed by atoms with van der Waals surface area (Å²) in [5.41, 5.74) is 0.377. The molecule has 1 amide bonds. The number of hydrogen-bond acceptors (Lipinski definition) is 3. The van der Waals surface area contributed by atoms with Crippen molar-refractivity contribution in [2.75, 3.05) is 13.1 Å². The molecule has 126 valence electrons. The third kappa shape index (κ3) is 3.89. The zero-order chi connectivity index (χ0) is 16.9. The summed E-state index contributed by atoms with van der Waals surface area (Å²) in [6, 6.07) is 9.83. The maximum absolute atomic E-state index is 13.8. The van der Waals surface area contributed by atoms with Crippen molar-refractivity contribution in [3.63, 3.8) is 0 Å². The van der Waals surface area contributed by atoms with Crippen molar-refractivity contribution in [3.8, 4) is 0 Å². The quantitative estimate of drug-likeness (QED) is 0.900. The van der Waals surface area contributed by atoms with Gasteiger partial charge in [-0.3, -0.25) is 14.5 Å². The average molecular weight is 329 g/mol. The minimum Gasteiger partial charge on any atom is -0.348 e. The Morgan fingerprint density at radius 1 is 1.29 bits per heavy atom. The van der Waals surface area contributed by atoms with E-state index in [4.69, 9.17) is 0 Å². The highest BCUT2D eigenvalue weighted by Gasteiger charge is 2.23. The van der Waals surface area contributed by atoms with Crippen molar-refractivity contribution in [1.29, 1.82) is 0 Å². The lowest BCUT2D eigenvalue weighted by molar-refractivity contribution is 0.0898. The number of likely N-dealkylation sites (tertiary alicyclic amines) is 1. The Bertz CT molecular complexity index is 775. The lowest BCUT2D eigenvalue weighted by atomic mass is 10.0. The van der Waals surface area contributed by atoms with E-state index in [2.05, 4.69) is 15.2 Å². The molecule has 3 rings (SSSR count). The molecule has 0 bridgehead atoms. The van der Waals surface area contributed by atoms with Crippen LogP contribution in [0, 0.1) is 5.82 Å². The first-order chi connectivity index (χ1) is 11.6. The molecule has 1 fully saturated rings. The van der Waals surface area contributed by atoms with Crippen molar-refractivity contribution in [2.24, 2.45) is 0 Å². The Balaban J connectivity index is 1.62. The number of nitrogens with one attached hydrogen (secondary N) is 2. The Kier molecular flexibility index (Phi) is 5.05. The number of H-pyrrole nitrogens is 1. The van der Waals surface area contributed by atoms with Crippen LogP contribution >= 0.6 is 0 Å². The van der Waals surface area contributed by atoms with Crippen LogP contribution < -0.4 is 10.9 Å². The molecule has 6 heteroatoms. The van der Waals surface area contributed by atoms with Crippen LogP contribution in [0.3, 0.4) is 0 Å². The summed E-state index contributed by atoms with van der Waals surface area (Å²) < 4.78 is 13.8. The predicted octanol–water partition coefficient (Wildman–Crippen LogP) is 1.91. The standard InChI is InChI=1S/C18H20FN3O2/c19-16-8-2-1-5-13(16)11-22-10-4-6-14(12-22)21-18(24)15-7-3-9-20-17(15)23/h1-3,5,7-9,14H,4,6,10-12H2,(H,20,23)(H,21,24)/t14-/m0/s1. The van der Waals surface area contributed by atoms with Crippen LogP contribution in [0.5, 0.6) is 0 Å². The molecule has 0 aliphatic carbocycles. The maximum Gasteiger partial charge on any atom is 0.260 e. The molecule has 1 aromatic heterocycles. The lowest BCUT2D eigenvalue weighted by Gasteiger charge is -2.33. The van der Waals surface area contributed by atoms with Gasteiger partial charge in [-0.1, -0.05) is 18.2 Å². The number of benzene rings is 1. The molecule has 0 spiro atoms. The second-order valence-corrected chi connectivity index (χ2v) is 6.05. The van der Waals surface area contributed by atoms with Gasteiger partial charge in [0.2, 0.25) is 0 Å². The molecule has 2 N–H and O–H groups in total. The molecule has 2 aromatic rings. The van der Waals surface area contributed by atoms with Gasteiger partial charge in [-0.2, -0.15) is 0 Å². The highest BCUT2D eigenvalue weighted by atomic mass is 19.1. The fourth-order valence-corrected chi connectivity index (χ4v) is 3.05. The summed E-state index contributed by atoms with van der Waals surface area (Å²) in [7, 11) is 0. The molecule has 1 aromatic carbocycles. The van der Waals surface area contributed by atoms with E-state index >= 15 is 0 Å². The van der Waals surface area contributed by atoms with E-state index in [1.54, 1.807) is 18.2 Å². The first-order valence-electron chi connectivity index (χ1n) is 8.08. The molecule has 24 heavy (non-hydrogen) atoms. The van der Waals surface area contributed by atoms with Crippen LogP contribution in [-0.2, 0) is 6.54 Å². The number of piperidine rings is 1. The van der Waals surface area contributed by atoms with Crippen molar-refractivity contribution in [1.82, 2.24) is 15.2 Å². The topological polar surface area (TPSA) is 65.2 Å². The fourth-order valence-electron chi connectivity index (χ4n) is 3.05. The second-order valence-electron chi connectivity index (χ2n) is 6.05. The van der Waals surface area contributed by atoms with Crippen LogP contribution in [0.15, 0.2) is 47.4 Å². The Morgan fingerprint density at radius 2 is 2.12 bits per heavy atom. The normalized spacial score (nSPS) is 18.3. The van der Waals surface area contributed by atoms with Gasteiger partial charge in [-0.15, -0.1) is 0 Å². The minimum atomic E-state index is -0.394. The van der Waals surface area contributed by atoms with Gasteiger partial charge in [0.05, 0.1) is 0 Å². The molecule has 0 radical (unpaired) electrons. The van der Waals surface area contributed by atoms with Crippen molar-refractivity contribution < 1.29 is 9.18 Å². The van der Waals surface area contributed by atoms with E-state index < -0.39 is 5.56 Å². The van der Waals surface area contributed by atoms with E-state index in [0.717, 1.165) is 19.4 Å². The van der Waals surface area contributed by atoms with Gasteiger partial charge in [0.1, 0.15) is 11.4 Å². The number of amides is 1. The molecule has 2 heterocycles. The largest absolute Gasteiger partial charge is 0.348 e. The number of aromatic amines is 1. The van der Waals surface area contributed by atoms with Crippen LogP contribution in [0.2, 0.25) is 0 Å².